The van der Waals surface area contributed by atoms with Crippen LogP contribution in [-0.2, 0) is 14.2 Å². The second-order valence-corrected chi connectivity index (χ2v) is 16.7. The fraction of sp³-hybridized carbons (Fsp3) is 0.833. The highest BCUT2D eigenvalue weighted by Gasteiger charge is 2.29. The number of nitrogens with zero attached hydrogens (tertiary/aromatic N) is 9. The zero-order chi connectivity index (χ0) is 37.4. The van der Waals surface area contributed by atoms with Crippen molar-refractivity contribution in [2.75, 3.05) is 93.2 Å². The molecule has 15 heteroatoms. The molecule has 0 bridgehead atoms. The van der Waals surface area contributed by atoms with E-state index in [1.54, 1.807) is 14.7 Å². The normalized spacial score (nSPS) is 19.2. The van der Waals surface area contributed by atoms with Gasteiger partial charge >= 0.3 is 18.3 Å². The van der Waals surface area contributed by atoms with Gasteiger partial charge in [-0.05, 0) is 101 Å². The molecule has 0 unspecified atom stereocenters. The maximum atomic E-state index is 12.8. The fourth-order valence-electron chi connectivity index (χ4n) is 6.28. The van der Waals surface area contributed by atoms with Crippen molar-refractivity contribution in [3.05, 3.63) is 0 Å². The highest BCUT2D eigenvalue weighted by Crippen LogP contribution is 2.24. The van der Waals surface area contributed by atoms with Crippen molar-refractivity contribution in [3.63, 3.8) is 0 Å². The van der Waals surface area contributed by atoms with Crippen LogP contribution in [-0.4, -0.2) is 143 Å². The van der Waals surface area contributed by atoms with Crippen LogP contribution in [0, 0.1) is 0 Å². The quantitative estimate of drug-likeness (QED) is 0.371. The molecule has 0 aliphatic carbocycles. The third kappa shape index (κ3) is 13.1. The number of anilines is 3. The maximum absolute atomic E-state index is 12.8. The molecular formula is C36H63N9O6. The number of hydrogen-bond acceptors (Lipinski definition) is 12. The van der Waals surface area contributed by atoms with Crippen LogP contribution in [0.1, 0.15) is 101 Å². The first-order chi connectivity index (χ1) is 23.9. The summed E-state index contributed by atoms with van der Waals surface area (Å²) in [5.41, 5.74) is -1.61. The molecule has 0 atom stereocenters. The van der Waals surface area contributed by atoms with E-state index in [4.69, 9.17) is 29.2 Å². The monoisotopic (exact) mass is 717 g/mol. The van der Waals surface area contributed by atoms with Crippen LogP contribution in [0.3, 0.4) is 0 Å². The molecule has 0 N–H and O–H groups in total. The number of rotatable bonds is 3. The minimum absolute atomic E-state index is 0.273. The molecule has 3 aliphatic heterocycles. The predicted octanol–water partition coefficient (Wildman–Crippen LogP) is 5.38. The van der Waals surface area contributed by atoms with Gasteiger partial charge < -0.3 is 43.6 Å². The van der Waals surface area contributed by atoms with Gasteiger partial charge in [0.1, 0.15) is 16.8 Å². The Morgan fingerprint density at radius 2 is 0.588 bits per heavy atom. The van der Waals surface area contributed by atoms with Crippen LogP contribution in [0.15, 0.2) is 0 Å². The van der Waals surface area contributed by atoms with Gasteiger partial charge in [0.2, 0.25) is 17.8 Å². The van der Waals surface area contributed by atoms with E-state index in [2.05, 4.69) is 14.7 Å². The Bertz CT molecular complexity index is 1130. The predicted molar refractivity (Wildman–Crippen MR) is 198 cm³/mol. The van der Waals surface area contributed by atoms with E-state index < -0.39 is 16.8 Å². The summed E-state index contributed by atoms with van der Waals surface area (Å²) in [5.74, 6) is 1.90. The third-order valence-electron chi connectivity index (χ3n) is 8.54. The maximum Gasteiger partial charge on any atom is 0.410 e. The lowest BCUT2D eigenvalue weighted by Crippen LogP contribution is -2.44. The number of carbonyl (C=O) groups excluding carboxylic acids is 3. The van der Waals surface area contributed by atoms with E-state index in [-0.39, 0.29) is 18.3 Å². The molecule has 4 rings (SSSR count). The lowest BCUT2D eigenvalue weighted by Gasteiger charge is -2.35. The first-order valence-electron chi connectivity index (χ1n) is 18.8. The van der Waals surface area contributed by atoms with Crippen LogP contribution in [0.25, 0.3) is 0 Å². The summed E-state index contributed by atoms with van der Waals surface area (Å²) in [6.07, 6.45) is 3.71. The molecule has 3 amide bonds. The summed E-state index contributed by atoms with van der Waals surface area (Å²) in [6, 6.07) is 0. The SMILES string of the molecule is CC(C)(C)OC(=O)N1CCCN(c2nc(N3CCCN(C(=O)OC(C)(C)C)CCC3)nc(N3CCCN(C(=O)OC(C)(C)C)CCC3)n2)CCC1. The topological polar surface area (TPSA) is 137 Å². The minimum Gasteiger partial charge on any atom is -0.444 e. The van der Waals surface area contributed by atoms with Crippen molar-refractivity contribution < 1.29 is 28.6 Å². The first kappa shape index (κ1) is 40.0. The van der Waals surface area contributed by atoms with E-state index in [9.17, 15) is 14.4 Å². The number of aromatic nitrogens is 3. The van der Waals surface area contributed by atoms with Gasteiger partial charge in [-0.3, -0.25) is 0 Å². The van der Waals surface area contributed by atoms with Gasteiger partial charge in [0.05, 0.1) is 0 Å². The zero-order valence-electron chi connectivity index (χ0n) is 32.7. The van der Waals surface area contributed by atoms with Gasteiger partial charge in [0.15, 0.2) is 0 Å². The van der Waals surface area contributed by atoms with Crippen molar-refractivity contribution in [3.8, 4) is 0 Å². The van der Waals surface area contributed by atoms with Crippen LogP contribution in [0.2, 0.25) is 0 Å². The summed E-state index contributed by atoms with van der Waals surface area (Å²) < 4.78 is 16.9. The highest BCUT2D eigenvalue weighted by atomic mass is 16.6. The highest BCUT2D eigenvalue weighted by molar-refractivity contribution is 5.69. The van der Waals surface area contributed by atoms with Crippen molar-refractivity contribution in [1.29, 1.82) is 0 Å². The molecule has 15 nitrogen and oxygen atoms in total. The standard InChI is InChI=1S/C36H63N9O6/c1-34(2,3)49-31(46)43-22-10-16-40(17-11-23-43)28-37-29(41-18-12-24-44(25-13-19-41)32(47)50-35(4,5)6)39-30(38-28)42-20-14-26-45(27-15-21-42)33(48)51-36(7,8)9/h10-27H2,1-9H3. The minimum atomic E-state index is -0.538. The second-order valence-electron chi connectivity index (χ2n) is 16.7. The smallest absolute Gasteiger partial charge is 0.410 e. The molecule has 0 spiro atoms. The average Bonchev–Trinajstić information content (AvgIpc) is 2.94. The van der Waals surface area contributed by atoms with E-state index in [1.807, 2.05) is 62.3 Å². The van der Waals surface area contributed by atoms with Crippen molar-refractivity contribution in [1.82, 2.24) is 29.7 Å². The Balaban J connectivity index is 1.51. The fourth-order valence-corrected chi connectivity index (χ4v) is 6.28. The number of ether oxygens (including phenoxy) is 3. The summed E-state index contributed by atoms with van der Waals surface area (Å²) in [4.78, 5) is 65.6. The van der Waals surface area contributed by atoms with Crippen LogP contribution < -0.4 is 14.7 Å². The molecule has 0 radical (unpaired) electrons. The molecule has 1 aromatic heterocycles. The van der Waals surface area contributed by atoms with E-state index in [0.717, 1.165) is 38.5 Å². The molecule has 4 heterocycles. The van der Waals surface area contributed by atoms with E-state index in [1.165, 1.54) is 0 Å². The van der Waals surface area contributed by atoms with Crippen LogP contribution >= 0.6 is 0 Å². The summed E-state index contributed by atoms with van der Waals surface area (Å²) in [5, 5.41) is 0. The Labute approximate surface area is 305 Å². The molecule has 51 heavy (non-hydrogen) atoms. The largest absolute Gasteiger partial charge is 0.444 e. The van der Waals surface area contributed by atoms with Crippen molar-refractivity contribution >= 4 is 36.1 Å². The van der Waals surface area contributed by atoms with Gasteiger partial charge in [-0.1, -0.05) is 0 Å². The van der Waals surface area contributed by atoms with Crippen LogP contribution in [0.5, 0.6) is 0 Å². The van der Waals surface area contributed by atoms with Crippen molar-refractivity contribution in [2.24, 2.45) is 0 Å². The number of carbonyl (C=O) groups is 3. The molecule has 3 aliphatic rings. The third-order valence-corrected chi connectivity index (χ3v) is 8.54. The molecule has 0 saturated carbocycles. The molecule has 1 aromatic rings. The van der Waals surface area contributed by atoms with Gasteiger partial charge in [0, 0.05) is 78.5 Å². The lowest BCUT2D eigenvalue weighted by molar-refractivity contribution is 0.0232. The summed E-state index contributed by atoms with van der Waals surface area (Å²) in [7, 11) is 0. The van der Waals surface area contributed by atoms with E-state index >= 15 is 0 Å². The van der Waals surface area contributed by atoms with Crippen molar-refractivity contribution in [2.45, 2.75) is 118 Å². The lowest BCUT2D eigenvalue weighted by atomic mass is 10.2. The van der Waals surface area contributed by atoms with E-state index in [0.29, 0.717) is 96.4 Å². The molecule has 0 aromatic carbocycles. The Hall–Kier alpha value is -3.78. The summed E-state index contributed by atoms with van der Waals surface area (Å²) >= 11 is 0. The van der Waals surface area contributed by atoms with Gasteiger partial charge in [-0.15, -0.1) is 0 Å². The first-order valence-corrected chi connectivity index (χ1v) is 18.8. The number of amides is 3. The van der Waals surface area contributed by atoms with Gasteiger partial charge in [-0.25, -0.2) is 14.4 Å². The molecular weight excluding hydrogens is 654 g/mol. The van der Waals surface area contributed by atoms with Crippen LogP contribution in [0.4, 0.5) is 32.2 Å². The molecule has 3 fully saturated rings. The second kappa shape index (κ2) is 17.2. The Morgan fingerprint density at radius 3 is 0.765 bits per heavy atom. The van der Waals surface area contributed by atoms with Gasteiger partial charge in [-0.2, -0.15) is 15.0 Å². The number of hydrogen-bond donors (Lipinski definition) is 0. The van der Waals surface area contributed by atoms with Gasteiger partial charge in [0.25, 0.3) is 0 Å². The molecule has 288 valence electrons. The average molecular weight is 718 g/mol. The Morgan fingerprint density at radius 1 is 0.392 bits per heavy atom. The summed E-state index contributed by atoms with van der Waals surface area (Å²) in [6.45, 7) is 24.7. The molecule has 3 saturated heterocycles. The Kier molecular flexibility index (Phi) is 13.5. The zero-order valence-corrected chi connectivity index (χ0v) is 32.7.